The van der Waals surface area contributed by atoms with Crippen molar-refractivity contribution in [2.75, 3.05) is 11.9 Å². The topological polar surface area (TPSA) is 75.0 Å². The molecule has 108 valence electrons. The largest absolute Gasteiger partial charge is 0.466 e. The second kappa shape index (κ2) is 7.41. The number of nitriles is 1. The van der Waals surface area contributed by atoms with Gasteiger partial charge in [0, 0.05) is 11.1 Å². The second-order valence-corrected chi connectivity index (χ2v) is 5.14. The molecule has 0 aliphatic heterocycles. The van der Waals surface area contributed by atoms with Gasteiger partial charge in [-0.05, 0) is 24.6 Å². The summed E-state index contributed by atoms with van der Waals surface area (Å²) in [6, 6.07) is 9.72. The van der Waals surface area contributed by atoms with Crippen molar-refractivity contribution in [2.45, 2.75) is 19.8 Å². The van der Waals surface area contributed by atoms with Crippen LogP contribution in [0.2, 0.25) is 0 Å². The zero-order valence-corrected chi connectivity index (χ0v) is 12.4. The van der Waals surface area contributed by atoms with E-state index in [1.165, 1.54) is 11.3 Å². The highest BCUT2D eigenvalue weighted by Gasteiger charge is 2.08. The number of rotatable bonds is 6. The summed E-state index contributed by atoms with van der Waals surface area (Å²) in [6.45, 7) is 2.16. The molecule has 0 atom stereocenters. The Labute approximate surface area is 127 Å². The molecule has 0 saturated heterocycles. The Kier molecular flexibility index (Phi) is 5.29. The van der Waals surface area contributed by atoms with Crippen LogP contribution < -0.4 is 5.32 Å². The molecule has 1 aromatic carbocycles. The highest BCUT2D eigenvalue weighted by molar-refractivity contribution is 7.13. The molecular weight excluding hydrogens is 286 g/mol. The number of hydrogen-bond acceptors (Lipinski definition) is 6. The van der Waals surface area contributed by atoms with Crippen molar-refractivity contribution in [2.24, 2.45) is 0 Å². The highest BCUT2D eigenvalue weighted by Crippen LogP contribution is 2.21. The van der Waals surface area contributed by atoms with Gasteiger partial charge in [0.05, 0.1) is 31.2 Å². The average Bonchev–Trinajstić information content (AvgIpc) is 2.89. The molecule has 0 fully saturated rings. The van der Waals surface area contributed by atoms with Crippen molar-refractivity contribution in [3.8, 4) is 6.07 Å². The van der Waals surface area contributed by atoms with Crippen molar-refractivity contribution in [3.05, 3.63) is 40.9 Å². The minimum absolute atomic E-state index is 0.188. The van der Waals surface area contributed by atoms with Gasteiger partial charge in [0.25, 0.3) is 0 Å². The first kappa shape index (κ1) is 15.0. The SMILES string of the molecule is CCOC(=O)Cc1csc(Nc2ccc(CC#N)cc2)n1. The molecule has 1 heterocycles. The third kappa shape index (κ3) is 4.58. The lowest BCUT2D eigenvalue weighted by Crippen LogP contribution is -2.07. The number of esters is 1. The fourth-order valence-electron chi connectivity index (χ4n) is 1.73. The molecule has 2 aromatic rings. The molecule has 0 unspecified atom stereocenters. The molecule has 6 heteroatoms. The van der Waals surface area contributed by atoms with E-state index < -0.39 is 0 Å². The molecule has 0 spiro atoms. The summed E-state index contributed by atoms with van der Waals surface area (Å²) in [5.74, 6) is -0.268. The number of aromatic nitrogens is 1. The Bertz CT molecular complexity index is 644. The quantitative estimate of drug-likeness (QED) is 0.830. The Hall–Kier alpha value is -2.39. The molecular formula is C15H15N3O2S. The van der Waals surface area contributed by atoms with Crippen LogP contribution >= 0.6 is 11.3 Å². The number of carbonyl (C=O) groups is 1. The standard InChI is InChI=1S/C15H15N3O2S/c1-2-20-14(19)9-13-10-21-15(18-13)17-12-5-3-11(4-6-12)7-8-16/h3-6,10H,2,7,9H2,1H3,(H,17,18). The number of benzene rings is 1. The van der Waals surface area contributed by atoms with Gasteiger partial charge in [0.2, 0.25) is 0 Å². The Morgan fingerprint density at radius 2 is 2.19 bits per heavy atom. The maximum Gasteiger partial charge on any atom is 0.311 e. The third-order valence-corrected chi connectivity index (χ3v) is 3.48. The number of anilines is 2. The van der Waals surface area contributed by atoms with Gasteiger partial charge in [0.15, 0.2) is 5.13 Å². The van der Waals surface area contributed by atoms with E-state index in [4.69, 9.17) is 10.00 Å². The first-order chi connectivity index (χ1) is 10.2. The summed E-state index contributed by atoms with van der Waals surface area (Å²) >= 11 is 1.44. The number of hydrogen-bond donors (Lipinski definition) is 1. The van der Waals surface area contributed by atoms with Crippen LogP contribution in [0.15, 0.2) is 29.6 Å². The van der Waals surface area contributed by atoms with Crippen molar-refractivity contribution in [1.82, 2.24) is 4.98 Å². The average molecular weight is 301 g/mol. The van der Waals surface area contributed by atoms with E-state index in [1.54, 1.807) is 6.92 Å². The molecule has 1 N–H and O–H groups in total. The lowest BCUT2D eigenvalue weighted by molar-refractivity contribution is -0.142. The molecule has 5 nitrogen and oxygen atoms in total. The van der Waals surface area contributed by atoms with Gasteiger partial charge in [0.1, 0.15) is 0 Å². The maximum absolute atomic E-state index is 11.4. The van der Waals surface area contributed by atoms with E-state index in [-0.39, 0.29) is 12.4 Å². The predicted molar refractivity (Wildman–Crippen MR) is 81.5 cm³/mol. The lowest BCUT2D eigenvalue weighted by atomic mass is 10.1. The van der Waals surface area contributed by atoms with Crippen LogP contribution in [0.3, 0.4) is 0 Å². The van der Waals surface area contributed by atoms with Gasteiger partial charge in [-0.2, -0.15) is 5.26 Å². The zero-order valence-electron chi connectivity index (χ0n) is 11.6. The van der Waals surface area contributed by atoms with E-state index in [0.29, 0.717) is 18.7 Å². The van der Waals surface area contributed by atoms with Gasteiger partial charge in [-0.3, -0.25) is 4.79 Å². The number of ether oxygens (including phenoxy) is 1. The smallest absolute Gasteiger partial charge is 0.311 e. The molecule has 1 aromatic heterocycles. The second-order valence-electron chi connectivity index (χ2n) is 4.28. The highest BCUT2D eigenvalue weighted by atomic mass is 32.1. The maximum atomic E-state index is 11.4. The van der Waals surface area contributed by atoms with E-state index in [1.807, 2.05) is 29.6 Å². The van der Waals surface area contributed by atoms with Gasteiger partial charge < -0.3 is 10.1 Å². The number of thiazole rings is 1. The summed E-state index contributed by atoms with van der Waals surface area (Å²) in [5.41, 5.74) is 2.57. The first-order valence-corrected chi connectivity index (χ1v) is 7.42. The van der Waals surface area contributed by atoms with E-state index >= 15 is 0 Å². The minimum Gasteiger partial charge on any atom is -0.466 e. The van der Waals surface area contributed by atoms with Crippen LogP contribution in [0.25, 0.3) is 0 Å². The fraction of sp³-hybridized carbons (Fsp3) is 0.267. The molecule has 21 heavy (non-hydrogen) atoms. The van der Waals surface area contributed by atoms with Crippen molar-refractivity contribution in [3.63, 3.8) is 0 Å². The van der Waals surface area contributed by atoms with Crippen LogP contribution in [-0.4, -0.2) is 17.6 Å². The van der Waals surface area contributed by atoms with Crippen LogP contribution in [0.5, 0.6) is 0 Å². The predicted octanol–water partition coefficient (Wildman–Crippen LogP) is 3.06. The monoisotopic (exact) mass is 301 g/mol. The number of nitrogens with zero attached hydrogens (tertiary/aromatic N) is 2. The number of nitrogens with one attached hydrogen (secondary N) is 1. The van der Waals surface area contributed by atoms with Gasteiger partial charge in [-0.25, -0.2) is 4.98 Å². The van der Waals surface area contributed by atoms with Gasteiger partial charge in [-0.1, -0.05) is 12.1 Å². The molecule has 0 aliphatic carbocycles. The molecule has 0 saturated carbocycles. The normalized spacial score (nSPS) is 9.90. The summed E-state index contributed by atoms with van der Waals surface area (Å²) in [7, 11) is 0. The Balaban J connectivity index is 1.95. The van der Waals surface area contributed by atoms with Gasteiger partial charge in [-0.15, -0.1) is 11.3 Å². The third-order valence-electron chi connectivity index (χ3n) is 2.67. The van der Waals surface area contributed by atoms with E-state index in [2.05, 4.69) is 16.4 Å². The molecule has 0 aliphatic rings. The van der Waals surface area contributed by atoms with Gasteiger partial charge >= 0.3 is 5.97 Å². The Morgan fingerprint density at radius 1 is 1.43 bits per heavy atom. The summed E-state index contributed by atoms with van der Waals surface area (Å²) in [6.07, 6.45) is 0.592. The molecule has 2 rings (SSSR count). The van der Waals surface area contributed by atoms with Crippen molar-refractivity contribution < 1.29 is 9.53 Å². The van der Waals surface area contributed by atoms with E-state index in [9.17, 15) is 4.79 Å². The zero-order chi connectivity index (χ0) is 15.1. The summed E-state index contributed by atoms with van der Waals surface area (Å²) in [5, 5.41) is 14.4. The Morgan fingerprint density at radius 3 is 2.86 bits per heavy atom. The van der Waals surface area contributed by atoms with Crippen molar-refractivity contribution in [1.29, 1.82) is 5.26 Å². The van der Waals surface area contributed by atoms with Crippen LogP contribution in [0, 0.1) is 11.3 Å². The first-order valence-electron chi connectivity index (χ1n) is 6.54. The van der Waals surface area contributed by atoms with E-state index in [0.717, 1.165) is 16.4 Å². The molecule has 0 radical (unpaired) electrons. The summed E-state index contributed by atoms with van der Waals surface area (Å²) in [4.78, 5) is 15.7. The minimum atomic E-state index is -0.268. The van der Waals surface area contributed by atoms with Crippen LogP contribution in [0.1, 0.15) is 18.2 Å². The fourth-order valence-corrected chi connectivity index (χ4v) is 2.46. The number of carbonyl (C=O) groups excluding carboxylic acids is 1. The molecule has 0 bridgehead atoms. The summed E-state index contributed by atoms with van der Waals surface area (Å²) < 4.78 is 4.89. The van der Waals surface area contributed by atoms with Crippen LogP contribution in [0.4, 0.5) is 10.8 Å². The molecule has 0 amide bonds. The lowest BCUT2D eigenvalue weighted by Gasteiger charge is -2.03. The van der Waals surface area contributed by atoms with Crippen molar-refractivity contribution >= 4 is 28.1 Å². The van der Waals surface area contributed by atoms with Crippen LogP contribution in [-0.2, 0) is 22.4 Å².